The highest BCUT2D eigenvalue weighted by Crippen LogP contribution is 2.48. The fourth-order valence-corrected chi connectivity index (χ4v) is 3.81. The number of hydrogen-bond acceptors (Lipinski definition) is 2. The molecule has 0 spiro atoms. The summed E-state index contributed by atoms with van der Waals surface area (Å²) in [5, 5.41) is 7.00. The van der Waals surface area contributed by atoms with E-state index >= 15 is 0 Å². The number of guanidine groups is 1. The fourth-order valence-electron chi connectivity index (χ4n) is 3.81. The van der Waals surface area contributed by atoms with Gasteiger partial charge >= 0.3 is 0 Å². The quantitative estimate of drug-likeness (QED) is 0.604. The zero-order valence-electron chi connectivity index (χ0n) is 16.4. The van der Waals surface area contributed by atoms with Crippen LogP contribution in [0.15, 0.2) is 29.3 Å². The van der Waals surface area contributed by atoms with Gasteiger partial charge in [0, 0.05) is 37.1 Å². The minimum atomic E-state index is -0.153. The zero-order chi connectivity index (χ0) is 18.6. The first kappa shape index (κ1) is 19.2. The molecule has 1 saturated heterocycles. The van der Waals surface area contributed by atoms with Gasteiger partial charge in [0.05, 0.1) is 6.54 Å². The van der Waals surface area contributed by atoms with Crippen molar-refractivity contribution in [3.63, 3.8) is 0 Å². The van der Waals surface area contributed by atoms with Gasteiger partial charge in [-0.05, 0) is 64.2 Å². The lowest BCUT2D eigenvalue weighted by atomic mass is 9.96. The van der Waals surface area contributed by atoms with Gasteiger partial charge in [-0.15, -0.1) is 0 Å². The Labute approximate surface area is 157 Å². The molecule has 4 nitrogen and oxygen atoms in total. The second-order valence-electron chi connectivity index (χ2n) is 8.03. The Balaban J connectivity index is 1.59. The van der Waals surface area contributed by atoms with Crippen molar-refractivity contribution in [3.05, 3.63) is 35.6 Å². The molecule has 1 saturated carbocycles. The first-order valence-electron chi connectivity index (χ1n) is 10.1. The molecular weight excluding hydrogens is 327 g/mol. The van der Waals surface area contributed by atoms with Crippen LogP contribution in [0.2, 0.25) is 0 Å². The van der Waals surface area contributed by atoms with Crippen LogP contribution in [0, 0.1) is 5.82 Å². The molecule has 0 radical (unpaired) electrons. The first-order chi connectivity index (χ1) is 12.5. The summed E-state index contributed by atoms with van der Waals surface area (Å²) in [5.74, 6) is 0.748. The Bertz CT molecular complexity index is 616. The van der Waals surface area contributed by atoms with Gasteiger partial charge < -0.3 is 15.5 Å². The summed E-state index contributed by atoms with van der Waals surface area (Å²) in [4.78, 5) is 7.39. The van der Waals surface area contributed by atoms with E-state index in [1.165, 1.54) is 6.07 Å². The van der Waals surface area contributed by atoms with E-state index < -0.39 is 0 Å². The third-order valence-electron chi connectivity index (χ3n) is 5.78. The first-order valence-corrected chi connectivity index (χ1v) is 10.1. The van der Waals surface area contributed by atoms with Crippen molar-refractivity contribution >= 4 is 5.96 Å². The lowest BCUT2D eigenvalue weighted by molar-refractivity contribution is 0.167. The standard InChI is InChI=1S/C21H33FN4/c1-4-23-20(25-19-8-12-26(13-9-19)16(2)3)24-15-21(10-11-21)17-6-5-7-18(22)14-17/h5-7,14,16,19H,4,8-13,15H2,1-3H3,(H2,23,24,25). The lowest BCUT2D eigenvalue weighted by Gasteiger charge is -2.35. The van der Waals surface area contributed by atoms with Crippen molar-refractivity contribution in [3.8, 4) is 0 Å². The van der Waals surface area contributed by atoms with E-state index in [0.717, 1.165) is 63.4 Å². The molecular formula is C21H33FN4. The summed E-state index contributed by atoms with van der Waals surface area (Å²) in [5.41, 5.74) is 1.12. The van der Waals surface area contributed by atoms with Crippen LogP contribution >= 0.6 is 0 Å². The minimum absolute atomic E-state index is 0.0332. The minimum Gasteiger partial charge on any atom is -0.357 e. The number of hydrogen-bond donors (Lipinski definition) is 2. The lowest BCUT2D eigenvalue weighted by Crippen LogP contribution is -2.50. The molecule has 1 aliphatic heterocycles. The zero-order valence-corrected chi connectivity index (χ0v) is 16.4. The van der Waals surface area contributed by atoms with Crippen LogP contribution in [0.25, 0.3) is 0 Å². The largest absolute Gasteiger partial charge is 0.357 e. The van der Waals surface area contributed by atoms with E-state index in [1.807, 2.05) is 6.07 Å². The highest BCUT2D eigenvalue weighted by atomic mass is 19.1. The maximum atomic E-state index is 13.6. The third kappa shape index (κ3) is 4.76. The summed E-state index contributed by atoms with van der Waals surface area (Å²) in [6.07, 6.45) is 4.48. The molecule has 2 fully saturated rings. The molecule has 0 unspecified atom stereocenters. The van der Waals surface area contributed by atoms with Crippen molar-refractivity contribution in [2.24, 2.45) is 4.99 Å². The number of likely N-dealkylation sites (tertiary alicyclic amines) is 1. The van der Waals surface area contributed by atoms with Crippen LogP contribution < -0.4 is 10.6 Å². The number of nitrogens with one attached hydrogen (secondary N) is 2. The maximum Gasteiger partial charge on any atom is 0.191 e. The number of nitrogens with zero attached hydrogens (tertiary/aromatic N) is 2. The van der Waals surface area contributed by atoms with Crippen molar-refractivity contribution in [2.45, 2.75) is 64.0 Å². The summed E-state index contributed by atoms with van der Waals surface area (Å²) in [6, 6.07) is 8.13. The van der Waals surface area contributed by atoms with E-state index in [-0.39, 0.29) is 11.2 Å². The molecule has 0 bridgehead atoms. The number of rotatable bonds is 6. The molecule has 3 rings (SSSR count). The number of aliphatic imine (C=N–C) groups is 1. The SMILES string of the molecule is CCNC(=NCC1(c2cccc(F)c2)CC1)NC1CCN(C(C)C)CC1. The molecule has 1 aromatic carbocycles. The van der Waals surface area contributed by atoms with Gasteiger partial charge in [-0.1, -0.05) is 12.1 Å². The van der Waals surface area contributed by atoms with Gasteiger partial charge in [0.1, 0.15) is 5.82 Å². The van der Waals surface area contributed by atoms with Crippen LogP contribution in [0.1, 0.15) is 52.0 Å². The fraction of sp³-hybridized carbons (Fsp3) is 0.667. The van der Waals surface area contributed by atoms with Gasteiger partial charge in [0.15, 0.2) is 5.96 Å². The van der Waals surface area contributed by atoms with Gasteiger partial charge in [-0.3, -0.25) is 4.99 Å². The molecule has 5 heteroatoms. The predicted octanol–water partition coefficient (Wildman–Crippen LogP) is 3.29. The molecule has 1 aromatic rings. The summed E-state index contributed by atoms with van der Waals surface area (Å²) >= 11 is 0. The van der Waals surface area contributed by atoms with Crippen LogP contribution in [0.4, 0.5) is 4.39 Å². The van der Waals surface area contributed by atoms with Crippen molar-refractivity contribution in [2.75, 3.05) is 26.2 Å². The molecule has 2 aliphatic rings. The highest BCUT2D eigenvalue weighted by Gasteiger charge is 2.44. The Hall–Kier alpha value is -1.62. The molecule has 144 valence electrons. The van der Waals surface area contributed by atoms with Gasteiger partial charge in [-0.25, -0.2) is 4.39 Å². The van der Waals surface area contributed by atoms with Crippen molar-refractivity contribution in [1.82, 2.24) is 15.5 Å². The topological polar surface area (TPSA) is 39.7 Å². The Morgan fingerprint density at radius 3 is 2.62 bits per heavy atom. The van der Waals surface area contributed by atoms with E-state index in [0.29, 0.717) is 12.1 Å². The van der Waals surface area contributed by atoms with Crippen LogP contribution in [0.3, 0.4) is 0 Å². The average molecular weight is 361 g/mol. The highest BCUT2D eigenvalue weighted by molar-refractivity contribution is 5.80. The maximum absolute atomic E-state index is 13.6. The van der Waals surface area contributed by atoms with E-state index in [9.17, 15) is 4.39 Å². The Morgan fingerprint density at radius 2 is 2.04 bits per heavy atom. The number of benzene rings is 1. The molecule has 0 atom stereocenters. The monoisotopic (exact) mass is 360 g/mol. The van der Waals surface area contributed by atoms with Gasteiger partial charge in [0.2, 0.25) is 0 Å². The van der Waals surface area contributed by atoms with Crippen LogP contribution in [-0.2, 0) is 5.41 Å². The summed E-state index contributed by atoms with van der Waals surface area (Å²) < 4.78 is 13.6. The molecule has 1 heterocycles. The summed E-state index contributed by atoms with van der Waals surface area (Å²) in [7, 11) is 0. The van der Waals surface area contributed by atoms with E-state index in [1.54, 1.807) is 12.1 Å². The van der Waals surface area contributed by atoms with E-state index in [4.69, 9.17) is 4.99 Å². The van der Waals surface area contributed by atoms with Gasteiger partial charge in [-0.2, -0.15) is 0 Å². The second-order valence-corrected chi connectivity index (χ2v) is 8.03. The number of piperidine rings is 1. The Kier molecular flexibility index (Phi) is 6.17. The van der Waals surface area contributed by atoms with Crippen molar-refractivity contribution < 1.29 is 4.39 Å². The smallest absolute Gasteiger partial charge is 0.191 e. The third-order valence-corrected chi connectivity index (χ3v) is 5.78. The molecule has 26 heavy (non-hydrogen) atoms. The number of halogens is 1. The molecule has 1 aliphatic carbocycles. The molecule has 2 N–H and O–H groups in total. The van der Waals surface area contributed by atoms with Gasteiger partial charge in [0.25, 0.3) is 0 Å². The predicted molar refractivity (Wildman–Crippen MR) is 106 cm³/mol. The van der Waals surface area contributed by atoms with E-state index in [2.05, 4.69) is 36.3 Å². The van der Waals surface area contributed by atoms with Crippen LogP contribution in [0.5, 0.6) is 0 Å². The molecule has 0 amide bonds. The Morgan fingerprint density at radius 1 is 1.31 bits per heavy atom. The van der Waals surface area contributed by atoms with Crippen LogP contribution in [-0.4, -0.2) is 49.1 Å². The molecule has 0 aromatic heterocycles. The van der Waals surface area contributed by atoms with Crippen molar-refractivity contribution in [1.29, 1.82) is 0 Å². The normalized spacial score (nSPS) is 21.0. The second kappa shape index (κ2) is 8.38. The average Bonchev–Trinajstić information content (AvgIpc) is 3.42. The summed E-state index contributed by atoms with van der Waals surface area (Å²) in [6.45, 7) is 10.5.